The first-order valence-electron chi connectivity index (χ1n) is 9.05. The van der Waals surface area contributed by atoms with Crippen LogP contribution in [0, 0.1) is 0 Å². The lowest BCUT2D eigenvalue weighted by Crippen LogP contribution is -2.31. The Morgan fingerprint density at radius 2 is 1.71 bits per heavy atom. The molecule has 28 heavy (non-hydrogen) atoms. The zero-order chi connectivity index (χ0) is 20.1. The topological polar surface area (TPSA) is 76.1 Å². The van der Waals surface area contributed by atoms with Crippen molar-refractivity contribution in [2.24, 2.45) is 0 Å². The molecular formula is C22H23NO5. The van der Waals surface area contributed by atoms with E-state index in [-0.39, 0.29) is 11.3 Å². The number of carbonyl (C=O) groups is 2. The molecule has 0 aromatic heterocycles. The van der Waals surface area contributed by atoms with Crippen LogP contribution in [0.5, 0.6) is 5.75 Å². The highest BCUT2D eigenvalue weighted by molar-refractivity contribution is 6.46. The second kappa shape index (κ2) is 8.71. The van der Waals surface area contributed by atoms with Crippen molar-refractivity contribution in [2.45, 2.75) is 12.5 Å². The van der Waals surface area contributed by atoms with Crippen LogP contribution < -0.4 is 4.74 Å². The van der Waals surface area contributed by atoms with Crippen LogP contribution in [0.25, 0.3) is 5.76 Å². The number of carbonyl (C=O) groups excluding carboxylic acids is 2. The van der Waals surface area contributed by atoms with Gasteiger partial charge in [0.05, 0.1) is 18.7 Å². The third-order valence-corrected chi connectivity index (χ3v) is 4.77. The Labute approximate surface area is 164 Å². The van der Waals surface area contributed by atoms with Crippen LogP contribution in [0.4, 0.5) is 0 Å². The third kappa shape index (κ3) is 3.77. The molecule has 1 unspecified atom stereocenters. The standard InChI is InChI=1S/C22H23NO5/c1-27-14-6-13-23-19(15-9-11-17(28-2)12-10-15)18(21(25)22(23)26)20(24)16-7-4-3-5-8-16/h3-5,7-12,19,24H,6,13-14H2,1-2H3. The number of likely N-dealkylation sites (tertiary alicyclic amines) is 1. The molecular weight excluding hydrogens is 358 g/mol. The van der Waals surface area contributed by atoms with Crippen molar-refractivity contribution >= 4 is 17.4 Å². The summed E-state index contributed by atoms with van der Waals surface area (Å²) in [6.45, 7) is 0.817. The van der Waals surface area contributed by atoms with E-state index in [0.717, 1.165) is 5.56 Å². The predicted octanol–water partition coefficient (Wildman–Crippen LogP) is 3.15. The third-order valence-electron chi connectivity index (χ3n) is 4.77. The van der Waals surface area contributed by atoms with Gasteiger partial charge in [0, 0.05) is 25.8 Å². The number of Topliss-reactive ketones (excluding diaryl/α,β-unsaturated/α-hetero) is 1. The number of ether oxygens (including phenoxy) is 2. The minimum atomic E-state index is -0.681. The lowest BCUT2D eigenvalue weighted by Gasteiger charge is -2.25. The summed E-state index contributed by atoms with van der Waals surface area (Å²) in [5.74, 6) is -0.800. The van der Waals surface area contributed by atoms with Crippen LogP contribution in [0.2, 0.25) is 0 Å². The molecule has 2 aromatic carbocycles. The fourth-order valence-electron chi connectivity index (χ4n) is 3.37. The molecule has 6 heteroatoms. The molecule has 1 aliphatic rings. The Hall–Kier alpha value is -3.12. The summed E-state index contributed by atoms with van der Waals surface area (Å²) < 4.78 is 10.3. The van der Waals surface area contributed by atoms with E-state index < -0.39 is 17.7 Å². The van der Waals surface area contributed by atoms with Crippen LogP contribution >= 0.6 is 0 Å². The number of benzene rings is 2. The smallest absolute Gasteiger partial charge is 0.295 e. The SMILES string of the molecule is COCCCN1C(=O)C(=O)C(=C(O)c2ccccc2)C1c1ccc(OC)cc1. The van der Waals surface area contributed by atoms with Gasteiger partial charge in [-0.2, -0.15) is 0 Å². The monoisotopic (exact) mass is 381 g/mol. The summed E-state index contributed by atoms with van der Waals surface area (Å²) in [5, 5.41) is 10.9. The maximum absolute atomic E-state index is 12.8. The summed E-state index contributed by atoms with van der Waals surface area (Å²) in [7, 11) is 3.16. The molecule has 3 rings (SSSR count). The lowest BCUT2D eigenvalue weighted by atomic mass is 9.95. The number of rotatable bonds is 7. The second-order valence-electron chi connectivity index (χ2n) is 6.48. The number of aliphatic hydroxyl groups is 1. The average molecular weight is 381 g/mol. The van der Waals surface area contributed by atoms with Crippen molar-refractivity contribution in [3.8, 4) is 5.75 Å². The molecule has 1 heterocycles. The number of amides is 1. The Morgan fingerprint density at radius 3 is 2.32 bits per heavy atom. The number of methoxy groups -OCH3 is 2. The van der Waals surface area contributed by atoms with E-state index in [9.17, 15) is 14.7 Å². The van der Waals surface area contributed by atoms with E-state index in [1.807, 2.05) is 6.07 Å². The molecule has 1 saturated heterocycles. The van der Waals surface area contributed by atoms with Gasteiger partial charge >= 0.3 is 0 Å². The Bertz CT molecular complexity index is 874. The Kier molecular flexibility index (Phi) is 6.11. The summed E-state index contributed by atoms with van der Waals surface area (Å²) in [6, 6.07) is 15.3. The van der Waals surface area contributed by atoms with Crippen molar-refractivity contribution in [1.82, 2.24) is 4.90 Å². The van der Waals surface area contributed by atoms with Gasteiger partial charge in [0.15, 0.2) is 0 Å². The van der Waals surface area contributed by atoms with Crippen LogP contribution in [0.1, 0.15) is 23.6 Å². The fourth-order valence-corrected chi connectivity index (χ4v) is 3.37. The lowest BCUT2D eigenvalue weighted by molar-refractivity contribution is -0.140. The minimum Gasteiger partial charge on any atom is -0.507 e. The molecule has 0 bridgehead atoms. The average Bonchev–Trinajstić information content (AvgIpc) is 2.99. The van der Waals surface area contributed by atoms with Gasteiger partial charge in [-0.3, -0.25) is 9.59 Å². The highest BCUT2D eigenvalue weighted by Crippen LogP contribution is 2.39. The maximum atomic E-state index is 12.8. The number of aliphatic hydroxyl groups excluding tert-OH is 1. The molecule has 0 saturated carbocycles. The van der Waals surface area contributed by atoms with Gasteiger partial charge in [-0.25, -0.2) is 0 Å². The van der Waals surface area contributed by atoms with Gasteiger partial charge in [0.25, 0.3) is 11.7 Å². The molecule has 1 aliphatic heterocycles. The van der Waals surface area contributed by atoms with Gasteiger partial charge in [-0.1, -0.05) is 42.5 Å². The van der Waals surface area contributed by atoms with Gasteiger partial charge < -0.3 is 19.5 Å². The van der Waals surface area contributed by atoms with E-state index in [2.05, 4.69) is 0 Å². The summed E-state index contributed by atoms with van der Waals surface area (Å²) in [6.07, 6.45) is 0.585. The van der Waals surface area contributed by atoms with Crippen molar-refractivity contribution in [3.05, 3.63) is 71.3 Å². The summed E-state index contributed by atoms with van der Waals surface area (Å²) in [5.41, 5.74) is 1.32. The van der Waals surface area contributed by atoms with Crippen LogP contribution in [-0.2, 0) is 14.3 Å². The first-order valence-corrected chi connectivity index (χ1v) is 9.05. The number of nitrogens with zero attached hydrogens (tertiary/aromatic N) is 1. The highest BCUT2D eigenvalue weighted by atomic mass is 16.5. The van der Waals surface area contributed by atoms with Gasteiger partial charge in [0.2, 0.25) is 0 Å². The molecule has 1 fully saturated rings. The van der Waals surface area contributed by atoms with E-state index in [4.69, 9.17) is 9.47 Å². The van der Waals surface area contributed by atoms with E-state index in [1.165, 1.54) is 4.90 Å². The van der Waals surface area contributed by atoms with Crippen molar-refractivity contribution in [3.63, 3.8) is 0 Å². The molecule has 1 atom stereocenters. The number of hydrogen-bond donors (Lipinski definition) is 1. The van der Waals surface area contributed by atoms with Crippen molar-refractivity contribution in [2.75, 3.05) is 27.4 Å². The number of ketones is 1. The maximum Gasteiger partial charge on any atom is 0.295 e. The quantitative estimate of drug-likeness (QED) is 0.345. The Balaban J connectivity index is 2.09. The molecule has 146 valence electrons. The predicted molar refractivity (Wildman–Crippen MR) is 105 cm³/mol. The zero-order valence-electron chi connectivity index (χ0n) is 15.9. The van der Waals surface area contributed by atoms with Gasteiger partial charge in [-0.15, -0.1) is 0 Å². The number of hydrogen-bond acceptors (Lipinski definition) is 5. The van der Waals surface area contributed by atoms with Gasteiger partial charge in [-0.05, 0) is 24.1 Å². The molecule has 0 aliphatic carbocycles. The van der Waals surface area contributed by atoms with E-state index in [0.29, 0.717) is 30.9 Å². The zero-order valence-corrected chi connectivity index (χ0v) is 15.9. The Morgan fingerprint density at radius 1 is 1.04 bits per heavy atom. The van der Waals surface area contributed by atoms with Gasteiger partial charge in [0.1, 0.15) is 11.5 Å². The summed E-state index contributed by atoms with van der Waals surface area (Å²) >= 11 is 0. The largest absolute Gasteiger partial charge is 0.507 e. The van der Waals surface area contributed by atoms with E-state index in [1.54, 1.807) is 62.8 Å². The molecule has 1 amide bonds. The molecule has 6 nitrogen and oxygen atoms in total. The van der Waals surface area contributed by atoms with Crippen molar-refractivity contribution < 1.29 is 24.2 Å². The molecule has 0 radical (unpaired) electrons. The van der Waals surface area contributed by atoms with Crippen LogP contribution in [0.15, 0.2) is 60.2 Å². The highest BCUT2D eigenvalue weighted by Gasteiger charge is 2.45. The summed E-state index contributed by atoms with van der Waals surface area (Å²) in [4.78, 5) is 27.0. The van der Waals surface area contributed by atoms with Crippen LogP contribution in [0.3, 0.4) is 0 Å². The fraction of sp³-hybridized carbons (Fsp3) is 0.273. The molecule has 0 spiro atoms. The second-order valence-corrected chi connectivity index (χ2v) is 6.48. The first-order chi connectivity index (χ1) is 13.6. The van der Waals surface area contributed by atoms with Crippen molar-refractivity contribution in [1.29, 1.82) is 0 Å². The molecule has 2 aromatic rings. The normalized spacial score (nSPS) is 18.5. The van der Waals surface area contributed by atoms with E-state index >= 15 is 0 Å². The first kappa shape index (κ1) is 19.6. The molecule has 1 N–H and O–H groups in total. The van der Waals surface area contributed by atoms with Crippen LogP contribution in [-0.4, -0.2) is 49.1 Å². The minimum absolute atomic E-state index is 0.0961.